The van der Waals surface area contributed by atoms with Gasteiger partial charge in [0.15, 0.2) is 0 Å². The first kappa shape index (κ1) is 17.3. The van der Waals surface area contributed by atoms with Crippen LogP contribution in [0.1, 0.15) is 25.8 Å². The molecule has 112 valence electrons. The van der Waals surface area contributed by atoms with Crippen LogP contribution in [0.15, 0.2) is 30.3 Å². The fraction of sp³-hybridized carbons (Fsp3) is 0.533. The van der Waals surface area contributed by atoms with Crippen LogP contribution in [-0.4, -0.2) is 30.0 Å². The van der Waals surface area contributed by atoms with E-state index in [0.29, 0.717) is 12.5 Å². The van der Waals surface area contributed by atoms with Gasteiger partial charge in [0, 0.05) is 30.5 Å². The van der Waals surface area contributed by atoms with Crippen LogP contribution in [0, 0.1) is 0 Å². The molecule has 0 bridgehead atoms. The molecule has 1 fully saturated rings. The second-order valence-corrected chi connectivity index (χ2v) is 6.62. The van der Waals surface area contributed by atoms with Crippen LogP contribution in [0.3, 0.4) is 0 Å². The Labute approximate surface area is 131 Å². The minimum Gasteiger partial charge on any atom is -0.347 e. The summed E-state index contributed by atoms with van der Waals surface area (Å²) in [4.78, 5) is 12.1. The van der Waals surface area contributed by atoms with Crippen LogP contribution in [0.5, 0.6) is 0 Å². The van der Waals surface area contributed by atoms with Crippen LogP contribution < -0.4 is 10.6 Å². The maximum Gasteiger partial charge on any atom is 0.222 e. The quantitative estimate of drug-likeness (QED) is 0.897. The summed E-state index contributed by atoms with van der Waals surface area (Å²) in [5, 5.41) is 6.53. The molecule has 1 aliphatic heterocycles. The average molecular weight is 315 g/mol. The molecule has 1 aliphatic rings. The van der Waals surface area contributed by atoms with E-state index >= 15 is 0 Å². The summed E-state index contributed by atoms with van der Waals surface area (Å²) in [5.41, 5.74) is 0.814. The van der Waals surface area contributed by atoms with Crippen molar-refractivity contribution in [2.75, 3.05) is 18.1 Å². The molecule has 1 heterocycles. The molecule has 1 atom stereocenters. The summed E-state index contributed by atoms with van der Waals surface area (Å²) in [6, 6.07) is 10.4. The summed E-state index contributed by atoms with van der Waals surface area (Å²) in [7, 11) is 0. The maximum atomic E-state index is 12.1. The van der Waals surface area contributed by atoms with Gasteiger partial charge in [0.25, 0.3) is 0 Å². The van der Waals surface area contributed by atoms with Gasteiger partial charge in [-0.1, -0.05) is 30.3 Å². The van der Waals surface area contributed by atoms with E-state index in [9.17, 15) is 4.79 Å². The van der Waals surface area contributed by atoms with E-state index in [1.165, 1.54) is 0 Å². The third-order valence-corrected chi connectivity index (χ3v) is 4.51. The van der Waals surface area contributed by atoms with Crippen molar-refractivity contribution in [3.63, 3.8) is 0 Å². The highest BCUT2D eigenvalue weighted by Gasteiger charge is 2.24. The van der Waals surface area contributed by atoms with Crippen LogP contribution in [0.25, 0.3) is 0 Å². The molecule has 20 heavy (non-hydrogen) atoms. The van der Waals surface area contributed by atoms with E-state index in [-0.39, 0.29) is 23.9 Å². The highest BCUT2D eigenvalue weighted by molar-refractivity contribution is 7.99. The van der Waals surface area contributed by atoms with Crippen molar-refractivity contribution in [1.82, 2.24) is 10.6 Å². The molecule has 0 spiro atoms. The van der Waals surface area contributed by atoms with Crippen molar-refractivity contribution < 1.29 is 4.79 Å². The number of hydrogen-bond donors (Lipinski definition) is 2. The Kier molecular flexibility index (Phi) is 6.86. The van der Waals surface area contributed by atoms with Gasteiger partial charge < -0.3 is 10.6 Å². The Bertz CT molecular complexity index is 419. The van der Waals surface area contributed by atoms with Crippen LogP contribution in [0.4, 0.5) is 0 Å². The van der Waals surface area contributed by atoms with Crippen molar-refractivity contribution in [1.29, 1.82) is 0 Å². The molecule has 2 rings (SSSR count). The van der Waals surface area contributed by atoms with Crippen molar-refractivity contribution in [2.24, 2.45) is 0 Å². The zero-order valence-electron chi connectivity index (χ0n) is 12.0. The zero-order valence-corrected chi connectivity index (χ0v) is 13.7. The third kappa shape index (κ3) is 5.00. The topological polar surface area (TPSA) is 41.1 Å². The van der Waals surface area contributed by atoms with Gasteiger partial charge in [0.1, 0.15) is 0 Å². The van der Waals surface area contributed by atoms with E-state index in [2.05, 4.69) is 22.8 Å². The Morgan fingerprint density at radius 1 is 1.40 bits per heavy atom. The zero-order chi connectivity index (χ0) is 13.7. The maximum absolute atomic E-state index is 12.1. The van der Waals surface area contributed by atoms with Crippen molar-refractivity contribution >= 4 is 30.1 Å². The number of hydrogen-bond acceptors (Lipinski definition) is 3. The predicted octanol–water partition coefficient (Wildman–Crippen LogP) is 2.55. The first-order valence-corrected chi connectivity index (χ1v) is 7.91. The number of benzene rings is 1. The summed E-state index contributed by atoms with van der Waals surface area (Å²) in [6.45, 7) is 5.09. The largest absolute Gasteiger partial charge is 0.347 e. The first-order chi connectivity index (χ1) is 9.08. The number of halogens is 1. The fourth-order valence-corrected chi connectivity index (χ4v) is 3.25. The van der Waals surface area contributed by atoms with Gasteiger partial charge in [-0.15, -0.1) is 12.4 Å². The van der Waals surface area contributed by atoms with Crippen LogP contribution >= 0.6 is 24.2 Å². The lowest BCUT2D eigenvalue weighted by Gasteiger charge is -2.29. The smallest absolute Gasteiger partial charge is 0.222 e. The lowest BCUT2D eigenvalue weighted by atomic mass is 9.94. The highest BCUT2D eigenvalue weighted by Crippen LogP contribution is 2.20. The van der Waals surface area contributed by atoms with Crippen LogP contribution in [-0.2, 0) is 10.3 Å². The molecular weight excluding hydrogens is 292 g/mol. The van der Waals surface area contributed by atoms with E-state index in [0.717, 1.165) is 23.6 Å². The van der Waals surface area contributed by atoms with E-state index in [4.69, 9.17) is 0 Å². The van der Waals surface area contributed by atoms with Gasteiger partial charge in [0.05, 0.1) is 5.54 Å². The van der Waals surface area contributed by atoms with Gasteiger partial charge in [-0.2, -0.15) is 11.8 Å². The number of thioether (sulfide) groups is 1. The second-order valence-electron chi connectivity index (χ2n) is 5.47. The molecule has 0 aromatic heterocycles. The minimum absolute atomic E-state index is 0. The monoisotopic (exact) mass is 314 g/mol. The standard InChI is InChI=1S/C15H22N2OS.ClH/c1-15(2,12-6-4-3-5-7-12)17-14(18)10-13-11-19-9-8-16-13;/h3-7,13,16H,8-11H2,1-2H3,(H,17,18);1H. The predicted molar refractivity (Wildman–Crippen MR) is 88.6 cm³/mol. The Morgan fingerprint density at radius 2 is 2.10 bits per heavy atom. The fourth-order valence-electron chi connectivity index (χ4n) is 2.30. The Balaban J connectivity index is 0.00000200. The summed E-state index contributed by atoms with van der Waals surface area (Å²) >= 11 is 1.92. The lowest BCUT2D eigenvalue weighted by Crippen LogP contribution is -2.46. The molecule has 0 aliphatic carbocycles. The molecule has 0 radical (unpaired) electrons. The van der Waals surface area contributed by atoms with Gasteiger partial charge in [-0.05, 0) is 19.4 Å². The second kappa shape index (κ2) is 7.91. The van der Waals surface area contributed by atoms with Crippen molar-refractivity contribution in [3.05, 3.63) is 35.9 Å². The van der Waals surface area contributed by atoms with Crippen LogP contribution in [0.2, 0.25) is 0 Å². The first-order valence-electron chi connectivity index (χ1n) is 6.75. The van der Waals surface area contributed by atoms with Crippen molar-refractivity contribution in [2.45, 2.75) is 31.8 Å². The van der Waals surface area contributed by atoms with E-state index in [1.807, 2.05) is 43.8 Å². The highest BCUT2D eigenvalue weighted by atomic mass is 35.5. The average Bonchev–Trinajstić information content (AvgIpc) is 2.40. The molecule has 0 saturated carbocycles. The summed E-state index contributed by atoms with van der Waals surface area (Å²) < 4.78 is 0. The van der Waals surface area contributed by atoms with Crippen molar-refractivity contribution in [3.8, 4) is 0 Å². The van der Waals surface area contributed by atoms with E-state index in [1.54, 1.807) is 0 Å². The van der Waals surface area contributed by atoms with Gasteiger partial charge >= 0.3 is 0 Å². The SMILES string of the molecule is CC(C)(NC(=O)CC1CSCCN1)c1ccccc1.Cl. The third-order valence-electron chi connectivity index (χ3n) is 3.38. The molecule has 3 nitrogen and oxygen atoms in total. The molecule has 2 N–H and O–H groups in total. The van der Waals surface area contributed by atoms with Gasteiger partial charge in [-0.3, -0.25) is 4.79 Å². The lowest BCUT2D eigenvalue weighted by molar-refractivity contribution is -0.123. The molecule has 1 aromatic rings. The normalized spacial score (nSPS) is 19.0. The Hall–Kier alpha value is -0.710. The molecule has 5 heteroatoms. The summed E-state index contributed by atoms with van der Waals surface area (Å²) in [6.07, 6.45) is 0.559. The molecule has 1 amide bonds. The number of rotatable bonds is 4. The number of carbonyl (C=O) groups is 1. The van der Waals surface area contributed by atoms with E-state index < -0.39 is 0 Å². The molecular formula is C15H23ClN2OS. The number of nitrogens with one attached hydrogen (secondary N) is 2. The van der Waals surface area contributed by atoms with Gasteiger partial charge in [-0.25, -0.2) is 0 Å². The number of amides is 1. The molecule has 1 saturated heterocycles. The Morgan fingerprint density at radius 3 is 2.70 bits per heavy atom. The summed E-state index contributed by atoms with van der Waals surface area (Å²) in [5.74, 6) is 2.29. The van der Waals surface area contributed by atoms with Gasteiger partial charge in [0.2, 0.25) is 5.91 Å². The molecule has 1 unspecified atom stereocenters. The molecule has 1 aromatic carbocycles. The minimum atomic E-state index is -0.319. The number of carbonyl (C=O) groups excluding carboxylic acids is 1.